The number of fused-ring (bicyclic) bond motifs is 1. The standard InChI is InChI=1S/C9H12N2OS/c10-9(12)5-7-6-2-4-13-8(6)1-3-11-7/h2,4,7,11H,1,3,5H2,(H2,10,12). The Morgan fingerprint density at radius 1 is 1.77 bits per heavy atom. The fraction of sp³-hybridized carbons (Fsp3) is 0.444. The lowest BCUT2D eigenvalue weighted by atomic mass is 10.00. The lowest BCUT2D eigenvalue weighted by molar-refractivity contribution is -0.118. The average Bonchev–Trinajstić information content (AvgIpc) is 2.51. The third-order valence-corrected chi connectivity index (χ3v) is 3.30. The number of carbonyl (C=O) groups is 1. The molecular formula is C9H12N2OS. The number of thiophene rings is 1. The number of rotatable bonds is 2. The monoisotopic (exact) mass is 196 g/mol. The molecule has 1 aliphatic heterocycles. The summed E-state index contributed by atoms with van der Waals surface area (Å²) in [7, 11) is 0. The summed E-state index contributed by atoms with van der Waals surface area (Å²) in [5, 5.41) is 5.37. The molecule has 13 heavy (non-hydrogen) atoms. The van der Waals surface area contributed by atoms with Crippen molar-refractivity contribution in [3.63, 3.8) is 0 Å². The highest BCUT2D eigenvalue weighted by Crippen LogP contribution is 2.28. The van der Waals surface area contributed by atoms with Crippen molar-refractivity contribution in [1.29, 1.82) is 0 Å². The Hall–Kier alpha value is -0.870. The van der Waals surface area contributed by atoms with Gasteiger partial charge in [0.05, 0.1) is 0 Å². The molecule has 2 heterocycles. The number of nitrogens with one attached hydrogen (secondary N) is 1. The normalized spacial score (nSPS) is 21.1. The summed E-state index contributed by atoms with van der Waals surface area (Å²) in [5.74, 6) is -0.239. The predicted molar refractivity (Wildman–Crippen MR) is 52.6 cm³/mol. The van der Waals surface area contributed by atoms with Gasteiger partial charge in [-0.2, -0.15) is 0 Å². The first kappa shape index (κ1) is 8.72. The molecule has 2 rings (SSSR count). The third kappa shape index (κ3) is 1.73. The van der Waals surface area contributed by atoms with Crippen LogP contribution in [0, 0.1) is 0 Å². The Bertz CT molecular complexity index is 321. The second-order valence-electron chi connectivity index (χ2n) is 3.23. The van der Waals surface area contributed by atoms with E-state index >= 15 is 0 Å². The van der Waals surface area contributed by atoms with Crippen molar-refractivity contribution in [2.75, 3.05) is 6.54 Å². The number of amides is 1. The molecule has 1 aromatic heterocycles. The highest BCUT2D eigenvalue weighted by Gasteiger charge is 2.21. The number of primary amides is 1. The molecule has 0 bridgehead atoms. The van der Waals surface area contributed by atoms with Gasteiger partial charge in [0.1, 0.15) is 0 Å². The van der Waals surface area contributed by atoms with Crippen molar-refractivity contribution in [3.05, 3.63) is 21.9 Å². The largest absolute Gasteiger partial charge is 0.370 e. The minimum atomic E-state index is -0.239. The van der Waals surface area contributed by atoms with Crippen LogP contribution in [0.4, 0.5) is 0 Å². The molecule has 0 aliphatic carbocycles. The van der Waals surface area contributed by atoms with Gasteiger partial charge in [-0.25, -0.2) is 0 Å². The fourth-order valence-electron chi connectivity index (χ4n) is 1.72. The van der Waals surface area contributed by atoms with Gasteiger partial charge < -0.3 is 11.1 Å². The van der Waals surface area contributed by atoms with Gasteiger partial charge in [-0.15, -0.1) is 11.3 Å². The molecule has 0 radical (unpaired) electrons. The van der Waals surface area contributed by atoms with E-state index in [1.165, 1.54) is 10.4 Å². The van der Waals surface area contributed by atoms with Crippen LogP contribution in [0.3, 0.4) is 0 Å². The van der Waals surface area contributed by atoms with E-state index in [0.717, 1.165) is 13.0 Å². The van der Waals surface area contributed by atoms with Gasteiger partial charge in [0.15, 0.2) is 0 Å². The fourth-order valence-corrected chi connectivity index (χ4v) is 2.66. The molecule has 3 nitrogen and oxygen atoms in total. The number of nitrogens with two attached hydrogens (primary N) is 1. The Kier molecular flexibility index (Phi) is 2.33. The Labute approximate surface area is 80.9 Å². The second-order valence-corrected chi connectivity index (χ2v) is 4.23. The van der Waals surface area contributed by atoms with E-state index in [0.29, 0.717) is 6.42 Å². The first-order valence-electron chi connectivity index (χ1n) is 4.35. The zero-order valence-electron chi connectivity index (χ0n) is 7.25. The van der Waals surface area contributed by atoms with E-state index in [1.807, 2.05) is 0 Å². The summed E-state index contributed by atoms with van der Waals surface area (Å²) in [6.45, 7) is 0.950. The van der Waals surface area contributed by atoms with Crippen molar-refractivity contribution in [3.8, 4) is 0 Å². The summed E-state index contributed by atoms with van der Waals surface area (Å²) >= 11 is 1.76. The van der Waals surface area contributed by atoms with Gasteiger partial charge in [-0.1, -0.05) is 0 Å². The molecule has 0 saturated heterocycles. The third-order valence-electron chi connectivity index (χ3n) is 2.30. The summed E-state index contributed by atoms with van der Waals surface area (Å²) in [6, 6.07) is 2.23. The summed E-state index contributed by atoms with van der Waals surface area (Å²) in [4.78, 5) is 12.2. The molecule has 0 spiro atoms. The van der Waals surface area contributed by atoms with Crippen LogP contribution in [-0.4, -0.2) is 12.5 Å². The van der Waals surface area contributed by atoms with Gasteiger partial charge in [-0.05, 0) is 23.4 Å². The van der Waals surface area contributed by atoms with Crippen LogP contribution in [0.1, 0.15) is 22.9 Å². The van der Waals surface area contributed by atoms with Crippen molar-refractivity contribution in [2.24, 2.45) is 5.73 Å². The molecule has 1 amide bonds. The average molecular weight is 196 g/mol. The number of hydrogen-bond acceptors (Lipinski definition) is 3. The minimum Gasteiger partial charge on any atom is -0.370 e. The minimum absolute atomic E-state index is 0.146. The first-order valence-corrected chi connectivity index (χ1v) is 5.23. The molecule has 4 heteroatoms. The van der Waals surface area contributed by atoms with E-state index in [4.69, 9.17) is 5.73 Å². The molecule has 3 N–H and O–H groups in total. The lowest BCUT2D eigenvalue weighted by Crippen LogP contribution is -2.31. The molecule has 0 aromatic carbocycles. The maximum absolute atomic E-state index is 10.8. The van der Waals surface area contributed by atoms with E-state index in [2.05, 4.69) is 16.8 Å². The van der Waals surface area contributed by atoms with Crippen LogP contribution in [0.25, 0.3) is 0 Å². The molecule has 1 unspecified atom stereocenters. The summed E-state index contributed by atoms with van der Waals surface area (Å²) in [5.41, 5.74) is 6.43. The quantitative estimate of drug-likeness (QED) is 0.735. The van der Waals surface area contributed by atoms with E-state index in [1.54, 1.807) is 11.3 Å². The van der Waals surface area contributed by atoms with Crippen LogP contribution in [0.15, 0.2) is 11.4 Å². The Morgan fingerprint density at radius 3 is 3.38 bits per heavy atom. The molecule has 0 saturated carbocycles. The maximum Gasteiger partial charge on any atom is 0.219 e. The van der Waals surface area contributed by atoms with Gasteiger partial charge >= 0.3 is 0 Å². The highest BCUT2D eigenvalue weighted by atomic mass is 32.1. The van der Waals surface area contributed by atoms with Crippen LogP contribution in [-0.2, 0) is 11.2 Å². The maximum atomic E-state index is 10.8. The van der Waals surface area contributed by atoms with Gasteiger partial charge in [0.25, 0.3) is 0 Å². The number of carbonyl (C=O) groups excluding carboxylic acids is 1. The topological polar surface area (TPSA) is 55.1 Å². The highest BCUT2D eigenvalue weighted by molar-refractivity contribution is 7.10. The van der Waals surface area contributed by atoms with E-state index in [9.17, 15) is 4.79 Å². The van der Waals surface area contributed by atoms with Crippen LogP contribution in [0.5, 0.6) is 0 Å². The van der Waals surface area contributed by atoms with E-state index in [-0.39, 0.29) is 11.9 Å². The van der Waals surface area contributed by atoms with Gasteiger partial charge in [-0.3, -0.25) is 4.79 Å². The van der Waals surface area contributed by atoms with Crippen molar-refractivity contribution < 1.29 is 4.79 Å². The summed E-state index contributed by atoms with van der Waals surface area (Å²) in [6.07, 6.45) is 1.48. The molecule has 0 fully saturated rings. The smallest absolute Gasteiger partial charge is 0.219 e. The molecule has 1 atom stereocenters. The lowest BCUT2D eigenvalue weighted by Gasteiger charge is -2.22. The van der Waals surface area contributed by atoms with Gasteiger partial charge in [0, 0.05) is 23.9 Å². The predicted octanol–water partition coefficient (Wildman–Crippen LogP) is 0.810. The number of hydrogen-bond donors (Lipinski definition) is 2. The zero-order chi connectivity index (χ0) is 9.26. The van der Waals surface area contributed by atoms with Crippen molar-refractivity contribution in [1.82, 2.24) is 5.32 Å². The first-order chi connectivity index (χ1) is 6.27. The SMILES string of the molecule is NC(=O)CC1NCCc2sccc21. The Balaban J connectivity index is 2.20. The van der Waals surface area contributed by atoms with Crippen molar-refractivity contribution >= 4 is 17.2 Å². The van der Waals surface area contributed by atoms with Gasteiger partial charge in [0.2, 0.25) is 5.91 Å². The van der Waals surface area contributed by atoms with Crippen molar-refractivity contribution in [2.45, 2.75) is 18.9 Å². The molecule has 1 aliphatic rings. The second kappa shape index (κ2) is 3.47. The van der Waals surface area contributed by atoms with Crippen LogP contribution < -0.4 is 11.1 Å². The van der Waals surface area contributed by atoms with Crippen LogP contribution in [0.2, 0.25) is 0 Å². The molecular weight excluding hydrogens is 184 g/mol. The molecule has 1 aromatic rings. The summed E-state index contributed by atoms with van der Waals surface area (Å²) < 4.78 is 0. The van der Waals surface area contributed by atoms with E-state index < -0.39 is 0 Å². The Morgan fingerprint density at radius 2 is 2.62 bits per heavy atom. The van der Waals surface area contributed by atoms with Crippen LogP contribution >= 0.6 is 11.3 Å². The molecule has 70 valence electrons. The zero-order valence-corrected chi connectivity index (χ0v) is 8.06.